The van der Waals surface area contributed by atoms with Crippen molar-refractivity contribution in [3.05, 3.63) is 16.9 Å². The number of rotatable bonds is 5. The van der Waals surface area contributed by atoms with E-state index in [4.69, 9.17) is 22.2 Å². The van der Waals surface area contributed by atoms with Gasteiger partial charge in [-0.15, -0.1) is 0 Å². The standard InChI is InChI=1S/C11H19ClN4O/c1-2-5-16-11(8(12)7-14-16)10(15-13)9-4-3-6-17-9/h7,9-10,15H,2-6,13H2,1H3. The van der Waals surface area contributed by atoms with Gasteiger partial charge in [0, 0.05) is 13.2 Å². The van der Waals surface area contributed by atoms with Crippen LogP contribution >= 0.6 is 11.6 Å². The largest absolute Gasteiger partial charge is 0.376 e. The van der Waals surface area contributed by atoms with Gasteiger partial charge in [0.05, 0.1) is 29.1 Å². The van der Waals surface area contributed by atoms with E-state index in [1.54, 1.807) is 6.20 Å². The van der Waals surface area contributed by atoms with Crippen LogP contribution in [-0.2, 0) is 11.3 Å². The second-order valence-electron chi connectivity index (χ2n) is 4.30. The number of aryl methyl sites for hydroxylation is 1. The molecule has 1 aliphatic rings. The number of nitrogens with zero attached hydrogens (tertiary/aromatic N) is 2. The average molecular weight is 259 g/mol. The van der Waals surface area contributed by atoms with Gasteiger partial charge in [0.2, 0.25) is 0 Å². The zero-order valence-electron chi connectivity index (χ0n) is 10.0. The van der Waals surface area contributed by atoms with E-state index >= 15 is 0 Å². The second-order valence-corrected chi connectivity index (χ2v) is 4.70. The topological polar surface area (TPSA) is 65.1 Å². The zero-order chi connectivity index (χ0) is 12.3. The minimum absolute atomic E-state index is 0.0842. The Morgan fingerprint density at radius 2 is 2.59 bits per heavy atom. The van der Waals surface area contributed by atoms with Gasteiger partial charge in [-0.2, -0.15) is 5.10 Å². The maximum atomic E-state index is 6.20. The van der Waals surface area contributed by atoms with Crippen molar-refractivity contribution in [1.29, 1.82) is 0 Å². The molecule has 2 rings (SSSR count). The molecule has 6 heteroatoms. The maximum absolute atomic E-state index is 6.20. The minimum atomic E-state index is -0.0842. The first kappa shape index (κ1) is 12.8. The Balaban J connectivity index is 2.25. The summed E-state index contributed by atoms with van der Waals surface area (Å²) in [4.78, 5) is 0. The minimum Gasteiger partial charge on any atom is -0.376 e. The van der Waals surface area contributed by atoms with Gasteiger partial charge in [0.25, 0.3) is 0 Å². The molecule has 96 valence electrons. The number of nitrogens with one attached hydrogen (secondary N) is 1. The summed E-state index contributed by atoms with van der Waals surface area (Å²) in [6.07, 6.45) is 4.84. The van der Waals surface area contributed by atoms with Crippen LogP contribution in [0.3, 0.4) is 0 Å². The van der Waals surface area contributed by atoms with E-state index in [9.17, 15) is 0 Å². The SMILES string of the molecule is CCCn1ncc(Cl)c1C(NN)C1CCCO1. The molecule has 3 N–H and O–H groups in total. The summed E-state index contributed by atoms with van der Waals surface area (Å²) in [5, 5.41) is 4.93. The number of hydrogen-bond acceptors (Lipinski definition) is 4. The van der Waals surface area contributed by atoms with Crippen molar-refractivity contribution in [3.63, 3.8) is 0 Å². The summed E-state index contributed by atoms with van der Waals surface area (Å²) in [6.45, 7) is 3.74. The fourth-order valence-corrected chi connectivity index (χ4v) is 2.56. The molecule has 1 fully saturated rings. The summed E-state index contributed by atoms with van der Waals surface area (Å²) >= 11 is 6.20. The van der Waals surface area contributed by atoms with E-state index in [1.165, 1.54) is 0 Å². The fourth-order valence-electron chi connectivity index (χ4n) is 2.30. The van der Waals surface area contributed by atoms with Crippen LogP contribution in [0.4, 0.5) is 0 Å². The predicted molar refractivity (Wildman–Crippen MR) is 66.6 cm³/mol. The van der Waals surface area contributed by atoms with Crippen molar-refractivity contribution < 1.29 is 4.74 Å². The average Bonchev–Trinajstić information content (AvgIpc) is 2.94. The first-order valence-corrected chi connectivity index (χ1v) is 6.44. The third-order valence-corrected chi connectivity index (χ3v) is 3.37. The Morgan fingerprint density at radius 1 is 1.76 bits per heavy atom. The van der Waals surface area contributed by atoms with E-state index < -0.39 is 0 Å². The number of aromatic nitrogens is 2. The molecular formula is C11H19ClN4O. The van der Waals surface area contributed by atoms with Crippen LogP contribution in [-0.4, -0.2) is 22.5 Å². The monoisotopic (exact) mass is 258 g/mol. The highest BCUT2D eigenvalue weighted by Gasteiger charge is 2.30. The molecule has 0 saturated carbocycles. The van der Waals surface area contributed by atoms with Crippen molar-refractivity contribution in [2.45, 2.75) is 44.9 Å². The third kappa shape index (κ3) is 2.63. The second kappa shape index (κ2) is 5.82. The van der Waals surface area contributed by atoms with Gasteiger partial charge in [0.1, 0.15) is 0 Å². The van der Waals surface area contributed by atoms with Crippen molar-refractivity contribution in [2.75, 3.05) is 6.61 Å². The lowest BCUT2D eigenvalue weighted by molar-refractivity contribution is 0.0754. The normalized spacial score (nSPS) is 21.9. The van der Waals surface area contributed by atoms with Crippen LogP contribution in [0.25, 0.3) is 0 Å². The lowest BCUT2D eigenvalue weighted by atomic mass is 10.1. The predicted octanol–water partition coefficient (Wildman–Crippen LogP) is 1.63. The van der Waals surface area contributed by atoms with Crippen LogP contribution in [0.5, 0.6) is 0 Å². The molecule has 0 radical (unpaired) electrons. The first-order chi connectivity index (χ1) is 8.27. The van der Waals surface area contributed by atoms with Crippen LogP contribution in [0, 0.1) is 0 Å². The zero-order valence-corrected chi connectivity index (χ0v) is 10.8. The summed E-state index contributed by atoms with van der Waals surface area (Å²) in [5.74, 6) is 5.65. The molecule has 0 aromatic carbocycles. The Kier molecular flexibility index (Phi) is 4.39. The van der Waals surface area contributed by atoms with Crippen LogP contribution < -0.4 is 11.3 Å². The van der Waals surface area contributed by atoms with Gasteiger partial charge in [-0.1, -0.05) is 18.5 Å². The maximum Gasteiger partial charge on any atom is 0.0905 e. The molecule has 0 bridgehead atoms. The number of halogens is 1. The van der Waals surface area contributed by atoms with E-state index in [0.717, 1.165) is 38.1 Å². The highest BCUT2D eigenvalue weighted by atomic mass is 35.5. The van der Waals surface area contributed by atoms with Crippen molar-refractivity contribution in [2.24, 2.45) is 5.84 Å². The molecule has 1 aliphatic heterocycles. The van der Waals surface area contributed by atoms with Crippen LogP contribution in [0.1, 0.15) is 37.9 Å². The Labute approximate surface area is 106 Å². The van der Waals surface area contributed by atoms with Gasteiger partial charge in [-0.3, -0.25) is 10.5 Å². The molecule has 0 amide bonds. The molecule has 5 nitrogen and oxygen atoms in total. The number of ether oxygens (including phenoxy) is 1. The third-order valence-electron chi connectivity index (χ3n) is 3.08. The van der Waals surface area contributed by atoms with Gasteiger partial charge < -0.3 is 4.74 Å². The molecule has 1 aromatic rings. The lowest BCUT2D eigenvalue weighted by Crippen LogP contribution is -2.38. The number of hydrazine groups is 1. The summed E-state index contributed by atoms with van der Waals surface area (Å²) in [7, 11) is 0. The highest BCUT2D eigenvalue weighted by Crippen LogP contribution is 2.30. The Hall–Kier alpha value is -0.620. The number of hydrogen-bond donors (Lipinski definition) is 2. The summed E-state index contributed by atoms with van der Waals surface area (Å²) in [5.41, 5.74) is 3.75. The van der Waals surface area contributed by atoms with E-state index in [-0.39, 0.29) is 12.1 Å². The van der Waals surface area contributed by atoms with Gasteiger partial charge in [-0.25, -0.2) is 5.43 Å². The summed E-state index contributed by atoms with van der Waals surface area (Å²) < 4.78 is 7.59. The highest BCUT2D eigenvalue weighted by molar-refractivity contribution is 6.31. The van der Waals surface area contributed by atoms with E-state index in [0.29, 0.717) is 5.02 Å². The molecular weight excluding hydrogens is 240 g/mol. The van der Waals surface area contributed by atoms with E-state index in [1.807, 2.05) is 4.68 Å². The lowest BCUT2D eigenvalue weighted by Gasteiger charge is -2.23. The van der Waals surface area contributed by atoms with Crippen molar-refractivity contribution >= 4 is 11.6 Å². The molecule has 17 heavy (non-hydrogen) atoms. The molecule has 1 aromatic heterocycles. The summed E-state index contributed by atoms with van der Waals surface area (Å²) in [6, 6.07) is -0.0842. The fraction of sp³-hybridized carbons (Fsp3) is 0.727. The molecule has 0 spiro atoms. The van der Waals surface area contributed by atoms with Crippen molar-refractivity contribution in [3.8, 4) is 0 Å². The Morgan fingerprint density at radius 3 is 3.18 bits per heavy atom. The van der Waals surface area contributed by atoms with Gasteiger partial charge >= 0.3 is 0 Å². The quantitative estimate of drug-likeness (QED) is 0.622. The van der Waals surface area contributed by atoms with Crippen molar-refractivity contribution in [1.82, 2.24) is 15.2 Å². The number of nitrogens with two attached hydrogens (primary N) is 1. The molecule has 2 unspecified atom stereocenters. The first-order valence-electron chi connectivity index (χ1n) is 6.06. The molecule has 2 heterocycles. The molecule has 2 atom stereocenters. The molecule has 1 saturated heterocycles. The van der Waals surface area contributed by atoms with Crippen LogP contribution in [0.15, 0.2) is 6.20 Å². The van der Waals surface area contributed by atoms with E-state index in [2.05, 4.69) is 17.4 Å². The smallest absolute Gasteiger partial charge is 0.0905 e. The van der Waals surface area contributed by atoms with Crippen LogP contribution in [0.2, 0.25) is 5.02 Å². The molecule has 0 aliphatic carbocycles. The van der Waals surface area contributed by atoms with Gasteiger partial charge in [-0.05, 0) is 19.3 Å². The Bertz CT molecular complexity index is 362. The van der Waals surface area contributed by atoms with Gasteiger partial charge in [0.15, 0.2) is 0 Å².